The quantitative estimate of drug-likeness (QED) is 0.660. The Bertz CT molecular complexity index is 1010. The standard InChI is InChI=1S/C21H19N5O2/c1-28-17-7-4-5-15(13-17)9-11-23-20(27)19-10-12-24-21(26-19)25-18-8-3-2-6-16(18)14-22/h2-8,10,12-13H,9,11H2,1H3,(H,23,27)(H,24,25,26). The van der Waals surface area contributed by atoms with Gasteiger partial charge in [-0.1, -0.05) is 24.3 Å². The van der Waals surface area contributed by atoms with Crippen LogP contribution in [0.3, 0.4) is 0 Å². The van der Waals surface area contributed by atoms with Gasteiger partial charge in [-0.3, -0.25) is 4.79 Å². The number of nitriles is 1. The summed E-state index contributed by atoms with van der Waals surface area (Å²) < 4.78 is 5.20. The molecular formula is C21H19N5O2. The highest BCUT2D eigenvalue weighted by molar-refractivity contribution is 5.92. The van der Waals surface area contributed by atoms with E-state index in [2.05, 4.69) is 26.7 Å². The molecule has 1 aromatic heterocycles. The number of carbonyl (C=O) groups excluding carboxylic acids is 1. The third-order valence-corrected chi connectivity index (χ3v) is 4.02. The van der Waals surface area contributed by atoms with Crippen LogP contribution >= 0.6 is 0 Å². The second-order valence-corrected chi connectivity index (χ2v) is 5.91. The Hall–Kier alpha value is -3.92. The normalized spacial score (nSPS) is 10.0. The Kier molecular flexibility index (Phi) is 6.16. The molecule has 3 aromatic rings. The molecule has 0 atom stereocenters. The number of para-hydroxylation sites is 1. The van der Waals surface area contributed by atoms with E-state index in [4.69, 9.17) is 10.00 Å². The molecule has 28 heavy (non-hydrogen) atoms. The maximum atomic E-state index is 12.4. The molecule has 0 aliphatic heterocycles. The van der Waals surface area contributed by atoms with Crippen molar-refractivity contribution in [2.24, 2.45) is 0 Å². The monoisotopic (exact) mass is 373 g/mol. The molecule has 0 aliphatic rings. The number of aromatic nitrogens is 2. The maximum absolute atomic E-state index is 12.4. The van der Waals surface area contributed by atoms with Gasteiger partial charge in [-0.15, -0.1) is 0 Å². The van der Waals surface area contributed by atoms with Gasteiger partial charge in [-0.2, -0.15) is 5.26 Å². The Morgan fingerprint density at radius 3 is 2.86 bits per heavy atom. The molecule has 0 spiro atoms. The molecule has 7 heteroatoms. The number of nitrogens with one attached hydrogen (secondary N) is 2. The van der Waals surface area contributed by atoms with Gasteiger partial charge in [0.15, 0.2) is 0 Å². The van der Waals surface area contributed by atoms with E-state index in [1.165, 1.54) is 6.20 Å². The third kappa shape index (κ3) is 4.83. The highest BCUT2D eigenvalue weighted by Gasteiger charge is 2.10. The first kappa shape index (κ1) is 18.9. The van der Waals surface area contributed by atoms with Gasteiger partial charge in [-0.25, -0.2) is 9.97 Å². The smallest absolute Gasteiger partial charge is 0.270 e. The van der Waals surface area contributed by atoms with Crippen molar-refractivity contribution in [3.8, 4) is 11.8 Å². The van der Waals surface area contributed by atoms with Gasteiger partial charge in [0.2, 0.25) is 5.95 Å². The second-order valence-electron chi connectivity index (χ2n) is 5.91. The molecule has 3 rings (SSSR count). The summed E-state index contributed by atoms with van der Waals surface area (Å²) in [6.45, 7) is 0.468. The van der Waals surface area contributed by atoms with Crippen LogP contribution in [0.2, 0.25) is 0 Å². The summed E-state index contributed by atoms with van der Waals surface area (Å²) in [5.74, 6) is 0.748. The molecule has 0 saturated carbocycles. The molecule has 1 heterocycles. The molecule has 2 N–H and O–H groups in total. The Morgan fingerprint density at radius 1 is 1.18 bits per heavy atom. The van der Waals surface area contributed by atoms with Gasteiger partial charge in [0.1, 0.15) is 17.5 Å². The first-order chi connectivity index (χ1) is 13.7. The van der Waals surface area contributed by atoms with Crippen molar-refractivity contribution in [1.82, 2.24) is 15.3 Å². The van der Waals surface area contributed by atoms with Crippen molar-refractivity contribution in [3.63, 3.8) is 0 Å². The number of benzene rings is 2. The zero-order valence-electron chi connectivity index (χ0n) is 15.3. The molecule has 0 saturated heterocycles. The van der Waals surface area contributed by atoms with Crippen molar-refractivity contribution < 1.29 is 9.53 Å². The number of hydrogen-bond acceptors (Lipinski definition) is 6. The summed E-state index contributed by atoms with van der Waals surface area (Å²) in [4.78, 5) is 20.7. The average molecular weight is 373 g/mol. The molecule has 1 amide bonds. The summed E-state index contributed by atoms with van der Waals surface area (Å²) in [5, 5.41) is 15.0. The molecule has 140 valence electrons. The van der Waals surface area contributed by atoms with Crippen molar-refractivity contribution in [3.05, 3.63) is 77.6 Å². The van der Waals surface area contributed by atoms with E-state index in [1.807, 2.05) is 24.3 Å². The van der Waals surface area contributed by atoms with Crippen LogP contribution in [-0.4, -0.2) is 29.5 Å². The number of hydrogen-bond donors (Lipinski definition) is 2. The Balaban J connectivity index is 1.61. The lowest BCUT2D eigenvalue weighted by atomic mass is 10.1. The second kappa shape index (κ2) is 9.14. The summed E-state index contributed by atoms with van der Waals surface area (Å²) in [5.41, 5.74) is 2.37. The van der Waals surface area contributed by atoms with Crippen molar-refractivity contribution >= 4 is 17.5 Å². The average Bonchev–Trinajstić information content (AvgIpc) is 2.74. The van der Waals surface area contributed by atoms with E-state index in [-0.39, 0.29) is 17.5 Å². The van der Waals surface area contributed by atoms with E-state index in [9.17, 15) is 4.79 Å². The lowest BCUT2D eigenvalue weighted by Gasteiger charge is -2.09. The van der Waals surface area contributed by atoms with Gasteiger partial charge in [0.25, 0.3) is 5.91 Å². The number of rotatable bonds is 7. The van der Waals surface area contributed by atoms with E-state index in [1.54, 1.807) is 37.4 Å². The minimum Gasteiger partial charge on any atom is -0.497 e. The van der Waals surface area contributed by atoms with Crippen molar-refractivity contribution in [2.45, 2.75) is 6.42 Å². The molecule has 2 aromatic carbocycles. The number of methoxy groups -OCH3 is 1. The number of carbonyl (C=O) groups is 1. The third-order valence-electron chi connectivity index (χ3n) is 4.02. The summed E-state index contributed by atoms with van der Waals surface area (Å²) >= 11 is 0. The van der Waals surface area contributed by atoms with E-state index in [0.717, 1.165) is 11.3 Å². The van der Waals surface area contributed by atoms with Crippen LogP contribution in [0.4, 0.5) is 11.6 Å². The van der Waals surface area contributed by atoms with Crippen LogP contribution in [0.25, 0.3) is 0 Å². The van der Waals surface area contributed by atoms with Gasteiger partial charge in [0, 0.05) is 12.7 Å². The number of amides is 1. The number of ether oxygens (including phenoxy) is 1. The van der Waals surface area contributed by atoms with E-state index in [0.29, 0.717) is 24.2 Å². The number of nitrogens with zero attached hydrogens (tertiary/aromatic N) is 3. The minimum absolute atomic E-state index is 0.248. The first-order valence-corrected chi connectivity index (χ1v) is 8.70. The highest BCUT2D eigenvalue weighted by atomic mass is 16.5. The lowest BCUT2D eigenvalue weighted by Crippen LogP contribution is -2.26. The lowest BCUT2D eigenvalue weighted by molar-refractivity contribution is 0.0949. The van der Waals surface area contributed by atoms with Crippen LogP contribution < -0.4 is 15.4 Å². The summed E-state index contributed by atoms with van der Waals surface area (Å²) in [6, 6.07) is 18.4. The summed E-state index contributed by atoms with van der Waals surface area (Å²) in [6.07, 6.45) is 2.18. The van der Waals surface area contributed by atoms with Gasteiger partial charge >= 0.3 is 0 Å². The maximum Gasteiger partial charge on any atom is 0.270 e. The SMILES string of the molecule is COc1cccc(CCNC(=O)c2ccnc(Nc3ccccc3C#N)n2)c1. The van der Waals surface area contributed by atoms with Gasteiger partial charge in [0.05, 0.1) is 18.4 Å². The van der Waals surface area contributed by atoms with Crippen molar-refractivity contribution in [2.75, 3.05) is 19.0 Å². The fraction of sp³-hybridized carbons (Fsp3) is 0.143. The largest absolute Gasteiger partial charge is 0.497 e. The minimum atomic E-state index is -0.290. The molecule has 0 radical (unpaired) electrons. The van der Waals surface area contributed by atoms with E-state index < -0.39 is 0 Å². The first-order valence-electron chi connectivity index (χ1n) is 8.70. The predicted molar refractivity (Wildman–Crippen MR) is 106 cm³/mol. The molecule has 7 nitrogen and oxygen atoms in total. The molecule has 0 fully saturated rings. The fourth-order valence-corrected chi connectivity index (χ4v) is 2.59. The van der Waals surface area contributed by atoms with Crippen LogP contribution in [-0.2, 0) is 6.42 Å². The van der Waals surface area contributed by atoms with Crippen LogP contribution in [0.15, 0.2) is 60.8 Å². The highest BCUT2D eigenvalue weighted by Crippen LogP contribution is 2.17. The van der Waals surface area contributed by atoms with Gasteiger partial charge < -0.3 is 15.4 Å². The van der Waals surface area contributed by atoms with Crippen LogP contribution in [0.5, 0.6) is 5.75 Å². The molecule has 0 aliphatic carbocycles. The molecule has 0 bridgehead atoms. The van der Waals surface area contributed by atoms with E-state index >= 15 is 0 Å². The van der Waals surface area contributed by atoms with Crippen molar-refractivity contribution in [1.29, 1.82) is 5.26 Å². The molecular weight excluding hydrogens is 354 g/mol. The zero-order valence-corrected chi connectivity index (χ0v) is 15.3. The Morgan fingerprint density at radius 2 is 2.04 bits per heavy atom. The topological polar surface area (TPSA) is 99.9 Å². The molecule has 0 unspecified atom stereocenters. The van der Waals surface area contributed by atoms with Gasteiger partial charge in [-0.05, 0) is 42.3 Å². The number of anilines is 2. The van der Waals surface area contributed by atoms with Crippen LogP contribution in [0, 0.1) is 11.3 Å². The Labute approximate surface area is 163 Å². The van der Waals surface area contributed by atoms with Crippen LogP contribution in [0.1, 0.15) is 21.6 Å². The summed E-state index contributed by atoms with van der Waals surface area (Å²) in [7, 11) is 1.62. The fourth-order valence-electron chi connectivity index (χ4n) is 2.59. The predicted octanol–water partition coefficient (Wildman–Crippen LogP) is 3.07. The zero-order chi connectivity index (χ0) is 19.8.